The third-order valence-electron chi connectivity index (χ3n) is 13.0. The molecule has 0 saturated heterocycles. The molecule has 10 rings (SSSR count). The lowest BCUT2D eigenvalue weighted by atomic mass is 9.66. The Balaban J connectivity index is 1.16. The number of fused-ring (bicyclic) bond motifs is 8. The summed E-state index contributed by atoms with van der Waals surface area (Å²) >= 11 is 0. The number of anilines is 6. The minimum atomic E-state index is -0.164. The van der Waals surface area contributed by atoms with Gasteiger partial charge in [0.25, 0.3) is 0 Å². The summed E-state index contributed by atoms with van der Waals surface area (Å²) in [7, 11) is 0. The summed E-state index contributed by atoms with van der Waals surface area (Å²) in [6.45, 7) is 19.2. The van der Waals surface area contributed by atoms with Gasteiger partial charge in [-0.2, -0.15) is 0 Å². The van der Waals surface area contributed by atoms with Gasteiger partial charge in [0.05, 0.1) is 34.1 Å². The minimum Gasteiger partial charge on any atom is -0.309 e. The topological polar surface area (TPSA) is 6.48 Å². The first-order valence-corrected chi connectivity index (χ1v) is 18.2. The number of para-hydroxylation sites is 4. The summed E-state index contributed by atoms with van der Waals surface area (Å²) in [5.41, 5.74) is 21.0. The molecule has 0 bridgehead atoms. The Labute approximate surface area is 297 Å². The van der Waals surface area contributed by atoms with Gasteiger partial charge in [-0.05, 0) is 92.0 Å². The van der Waals surface area contributed by atoms with Crippen LogP contribution in [-0.2, 0) is 21.7 Å². The molecule has 0 N–H and O–H groups in total. The Hall–Kier alpha value is -5.08. The van der Waals surface area contributed by atoms with Crippen LogP contribution in [0.1, 0.15) is 99.9 Å². The Morgan fingerprint density at radius 1 is 0.300 bits per heavy atom. The van der Waals surface area contributed by atoms with E-state index < -0.39 is 0 Å². The summed E-state index contributed by atoms with van der Waals surface area (Å²) in [6.07, 6.45) is 0. The van der Waals surface area contributed by atoms with E-state index >= 15 is 0 Å². The second-order valence-corrected chi connectivity index (χ2v) is 17.1. The van der Waals surface area contributed by atoms with Gasteiger partial charge < -0.3 is 9.80 Å². The lowest BCUT2D eigenvalue weighted by molar-refractivity contribution is 0.596. The van der Waals surface area contributed by atoms with Gasteiger partial charge in [-0.15, -0.1) is 0 Å². The van der Waals surface area contributed by atoms with Crippen molar-refractivity contribution >= 4 is 34.1 Å². The highest BCUT2D eigenvalue weighted by molar-refractivity contribution is 5.95. The van der Waals surface area contributed by atoms with Crippen LogP contribution in [0.15, 0.2) is 121 Å². The fourth-order valence-electron chi connectivity index (χ4n) is 10.1. The maximum Gasteiger partial charge on any atom is 0.0543 e. The van der Waals surface area contributed by atoms with E-state index in [-0.39, 0.29) is 21.7 Å². The Kier molecular flexibility index (Phi) is 5.59. The van der Waals surface area contributed by atoms with Crippen LogP contribution < -0.4 is 9.80 Å². The molecule has 4 aliphatic heterocycles. The zero-order valence-corrected chi connectivity index (χ0v) is 30.4. The highest BCUT2D eigenvalue weighted by atomic mass is 15.2. The van der Waals surface area contributed by atoms with Gasteiger partial charge in [0.2, 0.25) is 0 Å². The van der Waals surface area contributed by atoms with E-state index in [9.17, 15) is 0 Å². The Bertz CT molecular complexity index is 2280. The molecule has 0 aliphatic carbocycles. The number of rotatable bonds is 1. The van der Waals surface area contributed by atoms with Crippen LogP contribution in [0.25, 0.3) is 11.1 Å². The average molecular weight is 649 g/mol. The minimum absolute atomic E-state index is 0.0775. The Morgan fingerprint density at radius 3 is 0.980 bits per heavy atom. The number of hydrogen-bond donors (Lipinski definition) is 0. The van der Waals surface area contributed by atoms with Gasteiger partial charge in [-0.1, -0.05) is 140 Å². The maximum absolute atomic E-state index is 2.55. The fraction of sp³-hybridized carbons (Fsp3) is 0.250. The van der Waals surface area contributed by atoms with Crippen molar-refractivity contribution in [1.82, 2.24) is 0 Å². The van der Waals surface area contributed by atoms with Gasteiger partial charge in [-0.3, -0.25) is 0 Å². The molecule has 0 aromatic heterocycles. The van der Waals surface area contributed by atoms with Crippen molar-refractivity contribution in [2.75, 3.05) is 9.80 Å². The molecule has 6 aromatic rings. The molecule has 0 spiro atoms. The van der Waals surface area contributed by atoms with E-state index in [1.54, 1.807) is 0 Å². The molecule has 2 nitrogen and oxygen atoms in total. The fourth-order valence-corrected chi connectivity index (χ4v) is 10.1. The summed E-state index contributed by atoms with van der Waals surface area (Å²) < 4.78 is 0. The first-order valence-electron chi connectivity index (χ1n) is 18.2. The number of hydrogen-bond acceptors (Lipinski definition) is 2. The van der Waals surface area contributed by atoms with Gasteiger partial charge >= 0.3 is 0 Å². The van der Waals surface area contributed by atoms with Crippen molar-refractivity contribution in [2.45, 2.75) is 77.0 Å². The van der Waals surface area contributed by atoms with Crippen molar-refractivity contribution in [3.63, 3.8) is 0 Å². The molecule has 50 heavy (non-hydrogen) atoms. The van der Waals surface area contributed by atoms with E-state index in [2.05, 4.69) is 187 Å². The molecule has 0 atom stereocenters. The highest BCUT2D eigenvalue weighted by Crippen LogP contribution is 2.62. The molecule has 0 saturated carbocycles. The zero-order valence-electron chi connectivity index (χ0n) is 30.4. The number of nitrogens with zero attached hydrogens (tertiary/aromatic N) is 2. The van der Waals surface area contributed by atoms with Crippen LogP contribution in [-0.4, -0.2) is 0 Å². The summed E-state index contributed by atoms with van der Waals surface area (Å²) in [6, 6.07) is 46.4. The molecule has 246 valence electrons. The lowest BCUT2D eigenvalue weighted by Gasteiger charge is -2.49. The van der Waals surface area contributed by atoms with Gasteiger partial charge in [0, 0.05) is 21.7 Å². The first kappa shape index (κ1) is 29.8. The van der Waals surface area contributed by atoms with E-state index in [0.717, 1.165) is 0 Å². The lowest BCUT2D eigenvalue weighted by Crippen LogP contribution is -2.38. The number of benzene rings is 6. The van der Waals surface area contributed by atoms with Crippen LogP contribution in [0, 0.1) is 0 Å². The van der Waals surface area contributed by atoms with Gasteiger partial charge in [-0.25, -0.2) is 0 Å². The molecule has 0 radical (unpaired) electrons. The molecule has 0 fully saturated rings. The largest absolute Gasteiger partial charge is 0.309 e. The SMILES string of the molecule is CC1(C)c2ccccc2N2c3ccc(-c4ccc5c(c4)C(C)(C)c4cccc6c4N5c4ccccc4C6(C)C)cc3C(C)(C)c3cccc1c32. The molecule has 2 heteroatoms. The normalized spacial score (nSPS) is 18.6. The first-order chi connectivity index (χ1) is 23.8. The summed E-state index contributed by atoms with van der Waals surface area (Å²) in [5, 5.41) is 0. The second-order valence-electron chi connectivity index (χ2n) is 17.1. The monoisotopic (exact) mass is 648 g/mol. The Morgan fingerprint density at radius 2 is 0.600 bits per heavy atom. The van der Waals surface area contributed by atoms with Crippen LogP contribution in [0.4, 0.5) is 34.1 Å². The molecule has 0 unspecified atom stereocenters. The van der Waals surface area contributed by atoms with Crippen molar-refractivity contribution < 1.29 is 0 Å². The van der Waals surface area contributed by atoms with E-state index in [4.69, 9.17) is 0 Å². The van der Waals surface area contributed by atoms with Gasteiger partial charge in [0.15, 0.2) is 0 Å². The van der Waals surface area contributed by atoms with Gasteiger partial charge in [0.1, 0.15) is 0 Å². The third kappa shape index (κ3) is 3.49. The van der Waals surface area contributed by atoms with Crippen molar-refractivity contribution in [3.05, 3.63) is 166 Å². The van der Waals surface area contributed by atoms with E-state index in [1.165, 1.54) is 89.8 Å². The smallest absolute Gasteiger partial charge is 0.0543 e. The molecular formula is C48H44N2. The molecule has 0 amide bonds. The molecule has 4 heterocycles. The van der Waals surface area contributed by atoms with Crippen molar-refractivity contribution in [3.8, 4) is 11.1 Å². The van der Waals surface area contributed by atoms with Crippen LogP contribution in [0.2, 0.25) is 0 Å². The molecule has 6 aromatic carbocycles. The predicted octanol–water partition coefficient (Wildman–Crippen LogP) is 12.9. The van der Waals surface area contributed by atoms with Crippen LogP contribution in [0.3, 0.4) is 0 Å². The quantitative estimate of drug-likeness (QED) is 0.175. The van der Waals surface area contributed by atoms with Crippen molar-refractivity contribution in [1.29, 1.82) is 0 Å². The molecular weight excluding hydrogens is 605 g/mol. The summed E-state index contributed by atoms with van der Waals surface area (Å²) in [5.74, 6) is 0. The maximum atomic E-state index is 2.55. The van der Waals surface area contributed by atoms with E-state index in [1.807, 2.05) is 0 Å². The van der Waals surface area contributed by atoms with Crippen molar-refractivity contribution in [2.24, 2.45) is 0 Å². The molecule has 4 aliphatic rings. The predicted molar refractivity (Wildman–Crippen MR) is 210 cm³/mol. The third-order valence-corrected chi connectivity index (χ3v) is 13.0. The zero-order chi connectivity index (χ0) is 34.5. The highest BCUT2D eigenvalue weighted by Gasteiger charge is 2.47. The van der Waals surface area contributed by atoms with Crippen LogP contribution >= 0.6 is 0 Å². The van der Waals surface area contributed by atoms with E-state index in [0.29, 0.717) is 0 Å². The van der Waals surface area contributed by atoms with Crippen LogP contribution in [0.5, 0.6) is 0 Å². The summed E-state index contributed by atoms with van der Waals surface area (Å²) in [4.78, 5) is 5.10. The second kappa shape index (κ2) is 9.37. The average Bonchev–Trinajstić information content (AvgIpc) is 3.11. The standard InChI is InChI=1S/C48H44N2/c1-45(2)31-15-9-11-21-39(31)49-41-25-23-29(27-37(41)47(5,6)35-19-13-17-33(45)43(35)49)30-24-26-42-38(28-30)48(7,8)36-20-14-18-34-44(36)50(42)40-22-12-10-16-32(40)46(34,3)4/h9-28H,1-8H3.